The number of allylic oxidation sites excluding steroid dienone is 1. The SMILES string of the molecule is COc1ccc(/C=C2/Oc3c(CN(CC(C)C)CC(C)C)c(O)cc(C)c3C2=O)cc1OC. The predicted octanol–water partition coefficient (Wildman–Crippen LogP) is 5.45. The Morgan fingerprint density at radius 1 is 1.03 bits per heavy atom. The van der Waals surface area contributed by atoms with Crippen molar-refractivity contribution in [2.75, 3.05) is 27.3 Å². The summed E-state index contributed by atoms with van der Waals surface area (Å²) in [6, 6.07) is 7.09. The Hall–Kier alpha value is -2.99. The van der Waals surface area contributed by atoms with Gasteiger partial charge in [0.15, 0.2) is 17.3 Å². The van der Waals surface area contributed by atoms with E-state index in [1.807, 2.05) is 13.0 Å². The molecule has 1 heterocycles. The number of aryl methyl sites for hydroxylation is 1. The van der Waals surface area contributed by atoms with E-state index in [4.69, 9.17) is 14.2 Å². The third-order valence-corrected chi connectivity index (χ3v) is 5.55. The second-order valence-corrected chi connectivity index (χ2v) is 9.43. The van der Waals surface area contributed by atoms with E-state index >= 15 is 0 Å². The molecule has 0 aliphatic carbocycles. The molecule has 0 spiro atoms. The third-order valence-electron chi connectivity index (χ3n) is 5.55. The first kappa shape index (κ1) is 24.6. The summed E-state index contributed by atoms with van der Waals surface area (Å²) in [4.78, 5) is 15.6. The maximum atomic E-state index is 13.3. The zero-order valence-corrected chi connectivity index (χ0v) is 20.7. The van der Waals surface area contributed by atoms with Crippen LogP contribution in [0.5, 0.6) is 23.0 Å². The van der Waals surface area contributed by atoms with E-state index in [1.165, 1.54) is 0 Å². The molecule has 1 aliphatic heterocycles. The Morgan fingerprint density at radius 3 is 2.24 bits per heavy atom. The average molecular weight is 454 g/mol. The largest absolute Gasteiger partial charge is 0.507 e. The standard InChI is InChI=1S/C27H35NO5/c1-16(2)13-28(14-17(3)4)15-20-21(29)10-18(5)25-26(30)24(33-27(20)25)12-19-8-9-22(31-6)23(11-19)32-7/h8-12,16-17,29H,13-15H2,1-7H3/b24-12+. The van der Waals surface area contributed by atoms with Gasteiger partial charge in [0.05, 0.1) is 25.3 Å². The molecule has 1 N–H and O–H groups in total. The maximum Gasteiger partial charge on any atom is 0.232 e. The third kappa shape index (κ3) is 5.50. The first-order chi connectivity index (χ1) is 15.6. The van der Waals surface area contributed by atoms with Gasteiger partial charge in [-0.2, -0.15) is 0 Å². The number of benzene rings is 2. The topological polar surface area (TPSA) is 68.2 Å². The van der Waals surface area contributed by atoms with Crippen molar-refractivity contribution in [2.24, 2.45) is 11.8 Å². The highest BCUT2D eigenvalue weighted by atomic mass is 16.5. The minimum atomic E-state index is -0.183. The summed E-state index contributed by atoms with van der Waals surface area (Å²) in [5.74, 6) is 2.80. The van der Waals surface area contributed by atoms with Crippen LogP contribution in [0.25, 0.3) is 6.08 Å². The van der Waals surface area contributed by atoms with E-state index in [1.54, 1.807) is 38.5 Å². The lowest BCUT2D eigenvalue weighted by Gasteiger charge is -2.27. The molecule has 0 aromatic heterocycles. The molecule has 0 saturated carbocycles. The van der Waals surface area contributed by atoms with Crippen LogP contribution in [-0.2, 0) is 6.54 Å². The minimum Gasteiger partial charge on any atom is -0.507 e. The van der Waals surface area contributed by atoms with Gasteiger partial charge in [-0.1, -0.05) is 33.8 Å². The van der Waals surface area contributed by atoms with Gasteiger partial charge in [0, 0.05) is 19.6 Å². The molecule has 33 heavy (non-hydrogen) atoms. The molecule has 3 rings (SSSR count). The van der Waals surface area contributed by atoms with Crippen molar-refractivity contribution < 1.29 is 24.1 Å². The first-order valence-corrected chi connectivity index (χ1v) is 11.4. The maximum absolute atomic E-state index is 13.3. The normalized spacial score (nSPS) is 14.4. The number of carbonyl (C=O) groups is 1. The zero-order valence-electron chi connectivity index (χ0n) is 20.7. The Bertz CT molecular complexity index is 1040. The number of hydrogen-bond donors (Lipinski definition) is 1. The van der Waals surface area contributed by atoms with Gasteiger partial charge in [-0.3, -0.25) is 9.69 Å². The Labute approximate surface area is 196 Å². The van der Waals surface area contributed by atoms with Crippen molar-refractivity contribution >= 4 is 11.9 Å². The smallest absolute Gasteiger partial charge is 0.232 e. The van der Waals surface area contributed by atoms with Crippen molar-refractivity contribution in [1.82, 2.24) is 4.90 Å². The zero-order chi connectivity index (χ0) is 24.3. The summed E-state index contributed by atoms with van der Waals surface area (Å²) in [5.41, 5.74) is 2.63. The van der Waals surface area contributed by atoms with Crippen LogP contribution in [0.2, 0.25) is 0 Å². The number of carbonyl (C=O) groups excluding carboxylic acids is 1. The Balaban J connectivity index is 1.99. The molecule has 2 aromatic carbocycles. The number of ether oxygens (including phenoxy) is 3. The predicted molar refractivity (Wildman–Crippen MR) is 130 cm³/mol. The van der Waals surface area contributed by atoms with Gasteiger partial charge in [-0.05, 0) is 54.2 Å². The summed E-state index contributed by atoms with van der Waals surface area (Å²) < 4.78 is 16.8. The van der Waals surface area contributed by atoms with Gasteiger partial charge >= 0.3 is 0 Å². The Kier molecular flexibility index (Phi) is 7.69. The number of ketones is 1. The van der Waals surface area contributed by atoms with Crippen LogP contribution in [0.1, 0.15) is 54.7 Å². The number of methoxy groups -OCH3 is 2. The summed E-state index contributed by atoms with van der Waals surface area (Å²) >= 11 is 0. The lowest BCUT2D eigenvalue weighted by atomic mass is 9.98. The minimum absolute atomic E-state index is 0.156. The monoisotopic (exact) mass is 453 g/mol. The highest BCUT2D eigenvalue weighted by molar-refractivity contribution is 6.15. The van der Waals surface area contributed by atoms with Crippen molar-refractivity contribution in [1.29, 1.82) is 0 Å². The Morgan fingerprint density at radius 2 is 1.67 bits per heavy atom. The molecule has 0 bridgehead atoms. The molecule has 6 nitrogen and oxygen atoms in total. The number of phenolic OH excluding ortho intramolecular Hbond substituents is 1. The van der Waals surface area contributed by atoms with Crippen LogP contribution in [0.3, 0.4) is 0 Å². The van der Waals surface area contributed by atoms with Crippen LogP contribution in [0.15, 0.2) is 30.0 Å². The van der Waals surface area contributed by atoms with E-state index in [-0.39, 0.29) is 17.3 Å². The van der Waals surface area contributed by atoms with Crippen LogP contribution in [0, 0.1) is 18.8 Å². The molecule has 2 aromatic rings. The molecule has 178 valence electrons. The second kappa shape index (κ2) is 10.3. The van der Waals surface area contributed by atoms with Crippen LogP contribution < -0.4 is 14.2 Å². The fourth-order valence-corrected chi connectivity index (χ4v) is 4.29. The van der Waals surface area contributed by atoms with Crippen molar-refractivity contribution in [3.63, 3.8) is 0 Å². The van der Waals surface area contributed by atoms with Crippen molar-refractivity contribution in [3.8, 4) is 23.0 Å². The second-order valence-electron chi connectivity index (χ2n) is 9.43. The number of Topliss-reactive ketones (excluding diaryl/α,β-unsaturated/α-hetero) is 1. The average Bonchev–Trinajstić information content (AvgIpc) is 3.06. The van der Waals surface area contributed by atoms with Crippen molar-refractivity contribution in [3.05, 3.63) is 52.3 Å². The number of phenols is 1. The number of hydrogen-bond acceptors (Lipinski definition) is 6. The van der Waals surface area contributed by atoms with E-state index < -0.39 is 0 Å². The van der Waals surface area contributed by atoms with Gasteiger partial charge in [0.2, 0.25) is 5.78 Å². The van der Waals surface area contributed by atoms with Gasteiger partial charge in [0.1, 0.15) is 11.5 Å². The molecule has 0 amide bonds. The summed E-state index contributed by atoms with van der Waals surface area (Å²) in [6.45, 7) is 12.8. The van der Waals surface area contributed by atoms with Gasteiger partial charge in [0.25, 0.3) is 0 Å². The molecule has 0 saturated heterocycles. The number of rotatable bonds is 9. The van der Waals surface area contributed by atoms with E-state index in [0.717, 1.165) is 18.7 Å². The summed E-state index contributed by atoms with van der Waals surface area (Å²) in [6.07, 6.45) is 1.70. The van der Waals surface area contributed by atoms with Gasteiger partial charge in [-0.25, -0.2) is 0 Å². The fourth-order valence-electron chi connectivity index (χ4n) is 4.29. The molecular formula is C27H35NO5. The molecule has 0 radical (unpaired) electrons. The number of aromatic hydroxyl groups is 1. The first-order valence-electron chi connectivity index (χ1n) is 11.4. The molecule has 0 fully saturated rings. The summed E-state index contributed by atoms with van der Waals surface area (Å²) in [5, 5.41) is 10.8. The highest BCUT2D eigenvalue weighted by Crippen LogP contribution is 2.42. The van der Waals surface area contributed by atoms with Crippen molar-refractivity contribution in [2.45, 2.75) is 41.2 Å². The molecule has 0 atom stereocenters. The van der Waals surface area contributed by atoms with E-state index in [9.17, 15) is 9.90 Å². The lowest BCUT2D eigenvalue weighted by molar-refractivity contribution is 0.101. The van der Waals surface area contributed by atoms with Gasteiger partial charge in [-0.15, -0.1) is 0 Å². The van der Waals surface area contributed by atoms with Gasteiger partial charge < -0.3 is 19.3 Å². The number of fused-ring (bicyclic) bond motifs is 1. The molecule has 0 unspecified atom stereocenters. The van der Waals surface area contributed by atoms with Crippen LogP contribution in [-0.4, -0.2) is 43.1 Å². The van der Waals surface area contributed by atoms with E-state index in [2.05, 4.69) is 32.6 Å². The molecule has 6 heteroatoms. The fraction of sp³-hybridized carbons (Fsp3) is 0.444. The van der Waals surface area contributed by atoms with Crippen LogP contribution >= 0.6 is 0 Å². The van der Waals surface area contributed by atoms with Crippen LogP contribution in [0.4, 0.5) is 0 Å². The highest BCUT2D eigenvalue weighted by Gasteiger charge is 2.34. The number of nitrogens with zero attached hydrogens (tertiary/aromatic N) is 1. The summed E-state index contributed by atoms with van der Waals surface area (Å²) in [7, 11) is 3.15. The molecular weight excluding hydrogens is 418 g/mol. The lowest BCUT2D eigenvalue weighted by Crippen LogP contribution is -2.31. The molecule has 1 aliphatic rings. The quantitative estimate of drug-likeness (QED) is 0.510. The van der Waals surface area contributed by atoms with E-state index in [0.29, 0.717) is 52.3 Å².